The van der Waals surface area contributed by atoms with Crippen LogP contribution in [0.4, 0.5) is 21.6 Å². The number of hydrogen-bond donors (Lipinski definition) is 2. The van der Waals surface area contributed by atoms with E-state index >= 15 is 0 Å². The highest BCUT2D eigenvalue weighted by atomic mass is 35.5. The number of nitrogens with one attached hydrogen (secondary N) is 2. The van der Waals surface area contributed by atoms with Gasteiger partial charge in [-0.1, -0.05) is 35.9 Å². The molecule has 2 N–H and O–H groups in total. The number of carbonyl (C=O) groups excluding carboxylic acids is 3. The van der Waals surface area contributed by atoms with Crippen LogP contribution in [0.3, 0.4) is 0 Å². The number of esters is 1. The molecular formula is C23H20ClFN4O4. The average Bonchev–Trinajstić information content (AvgIpc) is 2.80. The number of carbonyl (C=O) groups is 3. The van der Waals surface area contributed by atoms with Gasteiger partial charge in [0.15, 0.2) is 6.61 Å². The summed E-state index contributed by atoms with van der Waals surface area (Å²) in [5.74, 6) is -2.33. The maximum atomic E-state index is 13.9. The minimum atomic E-state index is -0.829. The van der Waals surface area contributed by atoms with Gasteiger partial charge in [0.1, 0.15) is 17.2 Å². The molecule has 1 aromatic heterocycles. The average molecular weight is 471 g/mol. The second-order valence-corrected chi connectivity index (χ2v) is 7.27. The van der Waals surface area contributed by atoms with Crippen molar-refractivity contribution in [3.05, 3.63) is 83.3 Å². The highest BCUT2D eigenvalue weighted by molar-refractivity contribution is 6.33. The molecule has 0 unspecified atom stereocenters. The molecule has 0 aliphatic carbocycles. The fraction of sp³-hybridized carbons (Fsp3) is 0.130. The Labute approximate surface area is 194 Å². The summed E-state index contributed by atoms with van der Waals surface area (Å²) in [6, 6.07) is 15.5. The van der Waals surface area contributed by atoms with E-state index in [-0.39, 0.29) is 23.6 Å². The van der Waals surface area contributed by atoms with Crippen molar-refractivity contribution < 1.29 is 23.5 Å². The molecule has 0 atom stereocenters. The molecular weight excluding hydrogens is 451 g/mol. The second-order valence-electron chi connectivity index (χ2n) is 6.86. The van der Waals surface area contributed by atoms with E-state index in [4.69, 9.17) is 16.3 Å². The zero-order chi connectivity index (χ0) is 23.8. The predicted molar refractivity (Wildman–Crippen MR) is 122 cm³/mol. The lowest BCUT2D eigenvalue weighted by molar-refractivity contribution is -0.136. The molecule has 0 saturated carbocycles. The van der Waals surface area contributed by atoms with Crippen molar-refractivity contribution in [1.29, 1.82) is 0 Å². The molecule has 0 saturated heterocycles. The number of likely N-dealkylation sites (N-methyl/N-ethyl adjacent to an activating group) is 1. The lowest BCUT2D eigenvalue weighted by atomic mass is 10.2. The summed E-state index contributed by atoms with van der Waals surface area (Å²) in [4.78, 5) is 42.1. The van der Waals surface area contributed by atoms with Gasteiger partial charge in [0.2, 0.25) is 5.91 Å². The largest absolute Gasteiger partial charge is 0.452 e. The number of nitrogens with zero attached hydrogens (tertiary/aromatic N) is 2. The van der Waals surface area contributed by atoms with E-state index < -0.39 is 30.2 Å². The van der Waals surface area contributed by atoms with Crippen molar-refractivity contribution in [2.45, 2.75) is 0 Å². The topological polar surface area (TPSA) is 101 Å². The third-order valence-electron chi connectivity index (χ3n) is 4.44. The molecule has 0 fully saturated rings. The minimum absolute atomic E-state index is 0.0210. The van der Waals surface area contributed by atoms with Crippen molar-refractivity contribution in [1.82, 2.24) is 9.88 Å². The molecule has 0 spiro atoms. The zero-order valence-corrected chi connectivity index (χ0v) is 18.3. The quantitative estimate of drug-likeness (QED) is 0.485. The first-order valence-electron chi connectivity index (χ1n) is 9.77. The molecule has 1 heterocycles. The Hall–Kier alpha value is -3.98. The number of hydrogen-bond acceptors (Lipinski definition) is 6. The first-order valence-corrected chi connectivity index (χ1v) is 10.1. The van der Waals surface area contributed by atoms with Crippen LogP contribution in [0.15, 0.2) is 66.9 Å². The van der Waals surface area contributed by atoms with E-state index in [1.54, 1.807) is 30.3 Å². The van der Waals surface area contributed by atoms with Crippen LogP contribution < -0.4 is 10.6 Å². The molecule has 170 valence electrons. The molecule has 2 amide bonds. The normalized spacial score (nSPS) is 10.3. The fourth-order valence-electron chi connectivity index (χ4n) is 2.73. The van der Waals surface area contributed by atoms with Crippen LogP contribution in [-0.4, -0.2) is 47.9 Å². The van der Waals surface area contributed by atoms with Crippen LogP contribution in [0, 0.1) is 5.82 Å². The molecule has 10 heteroatoms. The van der Waals surface area contributed by atoms with Gasteiger partial charge in [-0.25, -0.2) is 14.2 Å². The highest BCUT2D eigenvalue weighted by Gasteiger charge is 2.19. The molecule has 3 aromatic rings. The number of pyridine rings is 1. The summed E-state index contributed by atoms with van der Waals surface area (Å²) in [5, 5.41) is 5.71. The van der Waals surface area contributed by atoms with Gasteiger partial charge < -0.3 is 20.3 Å². The first-order chi connectivity index (χ1) is 15.8. The number of halogens is 2. The van der Waals surface area contributed by atoms with Crippen LogP contribution in [-0.2, 0) is 14.3 Å². The maximum Gasteiger partial charge on any atom is 0.342 e. The standard InChI is InChI=1S/C23H20ClFN4O4/c1-29(13-20(30)27-18-10-4-2-8-16(18)24)21(31)14-33-23(32)15-7-6-12-26-22(15)28-19-11-5-3-9-17(19)25/h2-12H,13-14H2,1H3,(H,26,28)(H,27,30). The van der Waals surface area contributed by atoms with Gasteiger partial charge in [-0.3, -0.25) is 9.59 Å². The van der Waals surface area contributed by atoms with Crippen LogP contribution in [0.25, 0.3) is 0 Å². The molecule has 33 heavy (non-hydrogen) atoms. The minimum Gasteiger partial charge on any atom is -0.452 e. The fourth-order valence-corrected chi connectivity index (χ4v) is 2.91. The Balaban J connectivity index is 1.56. The number of aromatic nitrogens is 1. The molecule has 0 aliphatic rings. The monoisotopic (exact) mass is 470 g/mol. The summed E-state index contributed by atoms with van der Waals surface area (Å²) >= 11 is 6.00. The Kier molecular flexibility index (Phi) is 7.93. The van der Waals surface area contributed by atoms with E-state index in [0.717, 1.165) is 4.90 Å². The van der Waals surface area contributed by atoms with Gasteiger partial charge in [-0.2, -0.15) is 0 Å². The lowest BCUT2D eigenvalue weighted by Gasteiger charge is -2.17. The Morgan fingerprint density at radius 3 is 2.45 bits per heavy atom. The predicted octanol–water partition coefficient (Wildman–Crippen LogP) is 3.87. The van der Waals surface area contributed by atoms with E-state index in [9.17, 15) is 18.8 Å². The van der Waals surface area contributed by atoms with Crippen molar-refractivity contribution in [3.63, 3.8) is 0 Å². The van der Waals surface area contributed by atoms with Crippen molar-refractivity contribution >= 4 is 46.6 Å². The number of benzene rings is 2. The molecule has 0 aliphatic heterocycles. The smallest absolute Gasteiger partial charge is 0.342 e. The summed E-state index contributed by atoms with van der Waals surface area (Å²) in [5.41, 5.74) is 0.571. The lowest BCUT2D eigenvalue weighted by Crippen LogP contribution is -2.37. The summed E-state index contributed by atoms with van der Waals surface area (Å²) in [6.45, 7) is -0.864. The van der Waals surface area contributed by atoms with Gasteiger partial charge in [0.25, 0.3) is 5.91 Å². The number of para-hydroxylation sites is 2. The number of rotatable bonds is 8. The van der Waals surface area contributed by atoms with Crippen LogP contribution in [0.1, 0.15) is 10.4 Å². The maximum absolute atomic E-state index is 13.9. The summed E-state index contributed by atoms with van der Waals surface area (Å²) in [7, 11) is 1.40. The SMILES string of the molecule is CN(CC(=O)Nc1ccccc1Cl)C(=O)COC(=O)c1cccnc1Nc1ccccc1F. The van der Waals surface area contributed by atoms with Gasteiger partial charge >= 0.3 is 5.97 Å². The molecule has 0 bridgehead atoms. The third-order valence-corrected chi connectivity index (χ3v) is 4.77. The van der Waals surface area contributed by atoms with Crippen LogP contribution in [0.5, 0.6) is 0 Å². The molecule has 0 radical (unpaired) electrons. The number of amides is 2. The third kappa shape index (κ3) is 6.50. The van der Waals surface area contributed by atoms with E-state index in [1.165, 1.54) is 43.6 Å². The highest BCUT2D eigenvalue weighted by Crippen LogP contribution is 2.22. The van der Waals surface area contributed by atoms with Crippen molar-refractivity contribution in [3.8, 4) is 0 Å². The van der Waals surface area contributed by atoms with E-state index in [1.807, 2.05) is 0 Å². The van der Waals surface area contributed by atoms with Gasteiger partial charge in [0, 0.05) is 13.2 Å². The second kappa shape index (κ2) is 11.1. The zero-order valence-electron chi connectivity index (χ0n) is 17.5. The number of anilines is 3. The Morgan fingerprint density at radius 2 is 1.73 bits per heavy atom. The van der Waals surface area contributed by atoms with Crippen LogP contribution >= 0.6 is 11.6 Å². The van der Waals surface area contributed by atoms with Crippen molar-refractivity contribution in [2.24, 2.45) is 0 Å². The van der Waals surface area contributed by atoms with Gasteiger partial charge in [-0.15, -0.1) is 0 Å². The molecule has 8 nitrogen and oxygen atoms in total. The molecule has 3 rings (SSSR count). The van der Waals surface area contributed by atoms with Gasteiger partial charge in [0.05, 0.1) is 22.9 Å². The Bertz CT molecular complexity index is 1170. The summed E-state index contributed by atoms with van der Waals surface area (Å²) < 4.78 is 19.0. The summed E-state index contributed by atoms with van der Waals surface area (Å²) in [6.07, 6.45) is 1.43. The van der Waals surface area contributed by atoms with E-state index in [2.05, 4.69) is 15.6 Å². The Morgan fingerprint density at radius 1 is 1.03 bits per heavy atom. The molecule has 2 aromatic carbocycles. The van der Waals surface area contributed by atoms with E-state index in [0.29, 0.717) is 10.7 Å². The van der Waals surface area contributed by atoms with Crippen LogP contribution in [0.2, 0.25) is 5.02 Å². The van der Waals surface area contributed by atoms with Gasteiger partial charge in [-0.05, 0) is 36.4 Å². The first kappa shape index (κ1) is 23.7. The van der Waals surface area contributed by atoms with Crippen molar-refractivity contribution in [2.75, 3.05) is 30.8 Å². The number of ether oxygens (including phenoxy) is 1.